The predicted octanol–water partition coefficient (Wildman–Crippen LogP) is 1.57. The zero-order valence-electron chi connectivity index (χ0n) is 14.4. The predicted molar refractivity (Wildman–Crippen MR) is 94.0 cm³/mol. The van der Waals surface area contributed by atoms with Crippen molar-refractivity contribution in [1.82, 2.24) is 9.80 Å². The van der Waals surface area contributed by atoms with Gasteiger partial charge >= 0.3 is 0 Å². The molecule has 2 amide bonds. The number of carbonyl (C=O) groups is 2. The number of hydrogen-bond donors (Lipinski definition) is 1. The van der Waals surface area contributed by atoms with E-state index in [0.29, 0.717) is 43.9 Å². The Hall–Kier alpha value is -2.60. The molecule has 0 saturated carbocycles. The second kappa shape index (κ2) is 7.53. The van der Waals surface area contributed by atoms with Crippen molar-refractivity contribution in [2.75, 3.05) is 26.2 Å². The fourth-order valence-corrected chi connectivity index (χ4v) is 2.93. The molecule has 0 unspecified atom stereocenters. The van der Waals surface area contributed by atoms with Gasteiger partial charge in [-0.1, -0.05) is 29.8 Å². The van der Waals surface area contributed by atoms with Crippen LogP contribution >= 0.6 is 0 Å². The summed E-state index contributed by atoms with van der Waals surface area (Å²) in [5.74, 6) is 0.619. The second-order valence-corrected chi connectivity index (χ2v) is 6.34. The number of carbonyl (C=O) groups excluding carboxylic acids is 2. The summed E-state index contributed by atoms with van der Waals surface area (Å²) in [6.07, 6.45) is 1.84. The first-order valence-electron chi connectivity index (χ1n) is 8.47. The van der Waals surface area contributed by atoms with Crippen LogP contribution in [-0.4, -0.2) is 47.8 Å². The smallest absolute Gasteiger partial charge is 0.257 e. The number of rotatable bonds is 4. The second-order valence-electron chi connectivity index (χ2n) is 6.34. The molecule has 2 N–H and O–H groups in total. The Morgan fingerprint density at radius 3 is 2.32 bits per heavy atom. The van der Waals surface area contributed by atoms with Crippen molar-refractivity contribution in [1.29, 1.82) is 0 Å². The van der Waals surface area contributed by atoms with Crippen LogP contribution in [0.3, 0.4) is 0 Å². The number of aryl methyl sites for hydroxylation is 1. The number of hydrogen-bond acceptors (Lipinski definition) is 4. The summed E-state index contributed by atoms with van der Waals surface area (Å²) in [5, 5.41) is 0. The standard InChI is InChI=1S/C19H23N3O3/c1-14-2-4-15(5-3-14)10-18(23)21-6-8-22(9-7-21)19(24)16-11-17(12-20)25-13-16/h2-5,11,13H,6-10,12,20H2,1H3. The van der Waals surface area contributed by atoms with Crippen molar-refractivity contribution in [3.63, 3.8) is 0 Å². The van der Waals surface area contributed by atoms with E-state index < -0.39 is 0 Å². The lowest BCUT2D eigenvalue weighted by Crippen LogP contribution is -2.50. The maximum absolute atomic E-state index is 12.5. The van der Waals surface area contributed by atoms with Crippen molar-refractivity contribution >= 4 is 11.8 Å². The lowest BCUT2D eigenvalue weighted by atomic mass is 10.1. The molecule has 1 aromatic carbocycles. The average Bonchev–Trinajstić information content (AvgIpc) is 3.12. The van der Waals surface area contributed by atoms with Gasteiger partial charge in [-0.2, -0.15) is 0 Å². The molecule has 0 aliphatic carbocycles. The largest absolute Gasteiger partial charge is 0.467 e. The molecular weight excluding hydrogens is 318 g/mol. The highest BCUT2D eigenvalue weighted by Gasteiger charge is 2.25. The van der Waals surface area contributed by atoms with E-state index in [4.69, 9.17) is 10.2 Å². The van der Waals surface area contributed by atoms with Crippen molar-refractivity contribution in [2.45, 2.75) is 19.9 Å². The highest BCUT2D eigenvalue weighted by molar-refractivity contribution is 5.94. The van der Waals surface area contributed by atoms with Crippen LogP contribution in [0.15, 0.2) is 41.0 Å². The van der Waals surface area contributed by atoms with E-state index >= 15 is 0 Å². The van der Waals surface area contributed by atoms with Gasteiger partial charge in [0.25, 0.3) is 5.91 Å². The topological polar surface area (TPSA) is 79.8 Å². The number of nitrogens with two attached hydrogens (primary N) is 1. The normalized spacial score (nSPS) is 14.6. The van der Waals surface area contributed by atoms with Crippen LogP contribution < -0.4 is 5.73 Å². The third-order valence-corrected chi connectivity index (χ3v) is 4.50. The number of furan rings is 1. The van der Waals surface area contributed by atoms with Gasteiger partial charge in [-0.25, -0.2) is 0 Å². The van der Waals surface area contributed by atoms with Gasteiger partial charge in [-0.05, 0) is 18.6 Å². The van der Waals surface area contributed by atoms with Crippen LogP contribution in [0.1, 0.15) is 27.2 Å². The monoisotopic (exact) mass is 341 g/mol. The molecule has 0 bridgehead atoms. The molecule has 25 heavy (non-hydrogen) atoms. The van der Waals surface area contributed by atoms with Crippen molar-refractivity contribution in [3.05, 3.63) is 59.0 Å². The zero-order valence-corrected chi connectivity index (χ0v) is 14.4. The summed E-state index contributed by atoms with van der Waals surface area (Å²) in [6.45, 7) is 4.46. The third kappa shape index (κ3) is 4.09. The van der Waals surface area contributed by atoms with Crippen LogP contribution in [-0.2, 0) is 17.8 Å². The molecule has 2 aromatic rings. The highest BCUT2D eigenvalue weighted by atomic mass is 16.3. The highest BCUT2D eigenvalue weighted by Crippen LogP contribution is 2.13. The van der Waals surface area contributed by atoms with Crippen molar-refractivity contribution in [3.8, 4) is 0 Å². The van der Waals surface area contributed by atoms with E-state index in [1.165, 1.54) is 11.8 Å². The number of piperazine rings is 1. The lowest BCUT2D eigenvalue weighted by Gasteiger charge is -2.34. The Kier molecular flexibility index (Phi) is 5.19. The van der Waals surface area contributed by atoms with Gasteiger partial charge in [0.1, 0.15) is 12.0 Å². The van der Waals surface area contributed by atoms with Crippen LogP contribution in [0.25, 0.3) is 0 Å². The molecule has 132 valence electrons. The molecular formula is C19H23N3O3. The summed E-state index contributed by atoms with van der Waals surface area (Å²) in [7, 11) is 0. The van der Waals surface area contributed by atoms with Gasteiger partial charge < -0.3 is 20.0 Å². The van der Waals surface area contributed by atoms with Gasteiger partial charge in [0.2, 0.25) is 5.91 Å². The lowest BCUT2D eigenvalue weighted by molar-refractivity contribution is -0.131. The maximum Gasteiger partial charge on any atom is 0.257 e. The Balaban J connectivity index is 1.53. The van der Waals surface area contributed by atoms with Gasteiger partial charge in [0.15, 0.2) is 0 Å². The minimum absolute atomic E-state index is 0.0749. The van der Waals surface area contributed by atoms with E-state index in [-0.39, 0.29) is 18.4 Å². The summed E-state index contributed by atoms with van der Waals surface area (Å²) in [6, 6.07) is 9.68. The van der Waals surface area contributed by atoms with Crippen LogP contribution in [0.5, 0.6) is 0 Å². The average molecular weight is 341 g/mol. The fraction of sp³-hybridized carbons (Fsp3) is 0.368. The molecule has 6 nitrogen and oxygen atoms in total. The Labute approximate surface area is 147 Å². The van der Waals surface area contributed by atoms with Crippen LogP contribution in [0, 0.1) is 6.92 Å². The van der Waals surface area contributed by atoms with E-state index in [0.717, 1.165) is 5.56 Å². The van der Waals surface area contributed by atoms with Crippen LogP contribution in [0.2, 0.25) is 0 Å². The summed E-state index contributed by atoms with van der Waals surface area (Å²) < 4.78 is 5.22. The fourth-order valence-electron chi connectivity index (χ4n) is 2.93. The van der Waals surface area contributed by atoms with Gasteiger partial charge in [0.05, 0.1) is 18.5 Å². The molecule has 6 heteroatoms. The Morgan fingerprint density at radius 1 is 1.08 bits per heavy atom. The van der Waals surface area contributed by atoms with E-state index in [2.05, 4.69) is 0 Å². The van der Waals surface area contributed by atoms with Crippen molar-refractivity contribution in [2.24, 2.45) is 5.73 Å². The third-order valence-electron chi connectivity index (χ3n) is 4.50. The van der Waals surface area contributed by atoms with Gasteiger partial charge in [-0.15, -0.1) is 0 Å². The summed E-state index contributed by atoms with van der Waals surface area (Å²) >= 11 is 0. The Morgan fingerprint density at radius 2 is 1.72 bits per heavy atom. The quantitative estimate of drug-likeness (QED) is 0.915. The van der Waals surface area contributed by atoms with E-state index in [1.807, 2.05) is 36.1 Å². The van der Waals surface area contributed by atoms with Crippen molar-refractivity contribution < 1.29 is 14.0 Å². The molecule has 1 aliphatic heterocycles. The molecule has 1 aliphatic rings. The maximum atomic E-state index is 12.5. The first-order valence-corrected chi connectivity index (χ1v) is 8.47. The Bertz CT molecular complexity index is 744. The summed E-state index contributed by atoms with van der Waals surface area (Å²) in [4.78, 5) is 28.5. The number of amides is 2. The first-order chi connectivity index (χ1) is 12.1. The van der Waals surface area contributed by atoms with Gasteiger partial charge in [0, 0.05) is 26.2 Å². The molecule has 1 fully saturated rings. The van der Waals surface area contributed by atoms with E-state index in [9.17, 15) is 9.59 Å². The molecule has 1 saturated heterocycles. The first kappa shape index (κ1) is 17.2. The number of benzene rings is 1. The molecule has 0 atom stereocenters. The SMILES string of the molecule is Cc1ccc(CC(=O)N2CCN(C(=O)c3coc(CN)c3)CC2)cc1. The van der Waals surface area contributed by atoms with Crippen LogP contribution in [0.4, 0.5) is 0 Å². The van der Waals surface area contributed by atoms with E-state index in [1.54, 1.807) is 11.0 Å². The minimum atomic E-state index is -0.0749. The zero-order chi connectivity index (χ0) is 17.8. The minimum Gasteiger partial charge on any atom is -0.467 e. The molecule has 2 heterocycles. The molecule has 3 rings (SSSR count). The molecule has 0 spiro atoms. The molecule has 1 aromatic heterocycles. The summed E-state index contributed by atoms with van der Waals surface area (Å²) in [5.41, 5.74) is 8.21. The molecule has 0 radical (unpaired) electrons. The van der Waals surface area contributed by atoms with Gasteiger partial charge in [-0.3, -0.25) is 9.59 Å². The number of nitrogens with zero attached hydrogens (tertiary/aromatic N) is 2.